The smallest absolute Gasteiger partial charge is 0.370 e. The molecule has 0 unspecified atom stereocenters. The van der Waals surface area contributed by atoms with Gasteiger partial charge in [-0.15, -0.1) is 0 Å². The number of halogens is 3. The molecule has 0 saturated heterocycles. The third-order valence-corrected chi connectivity index (χ3v) is 2.20. The standard InChI is InChI=1S/C11H9F3N2O/c12-11(13,14)10-7(4-5-9(16)17)2-1-3-8(10)6-15/h1-3H,4-5H2,(H2,16,17). The van der Waals surface area contributed by atoms with Crippen LogP contribution in [0.3, 0.4) is 0 Å². The summed E-state index contributed by atoms with van der Waals surface area (Å²) in [6.45, 7) is 0. The van der Waals surface area contributed by atoms with Gasteiger partial charge in [-0.2, -0.15) is 18.4 Å². The minimum Gasteiger partial charge on any atom is -0.370 e. The summed E-state index contributed by atoms with van der Waals surface area (Å²) in [6, 6.07) is 5.18. The van der Waals surface area contributed by atoms with Crippen LogP contribution in [0, 0.1) is 11.3 Å². The first kappa shape index (κ1) is 13.0. The molecule has 2 N–H and O–H groups in total. The Bertz CT molecular complexity index is 475. The number of carbonyl (C=O) groups is 1. The maximum absolute atomic E-state index is 12.8. The van der Waals surface area contributed by atoms with Gasteiger partial charge in [0.25, 0.3) is 0 Å². The minimum atomic E-state index is -4.61. The van der Waals surface area contributed by atoms with E-state index in [0.29, 0.717) is 0 Å². The number of hydrogen-bond acceptors (Lipinski definition) is 2. The number of hydrogen-bond donors (Lipinski definition) is 1. The number of nitrogens with zero attached hydrogens (tertiary/aromatic N) is 1. The Hall–Kier alpha value is -2.03. The van der Waals surface area contributed by atoms with E-state index in [1.165, 1.54) is 18.2 Å². The molecule has 1 aromatic carbocycles. The van der Waals surface area contributed by atoms with E-state index in [1.807, 2.05) is 0 Å². The number of rotatable bonds is 3. The Morgan fingerprint density at radius 3 is 2.53 bits per heavy atom. The molecule has 0 aromatic heterocycles. The minimum absolute atomic E-state index is 0.0876. The van der Waals surface area contributed by atoms with Crippen molar-refractivity contribution in [3.05, 3.63) is 34.9 Å². The number of amides is 1. The summed E-state index contributed by atoms with van der Waals surface area (Å²) in [5.74, 6) is -0.680. The van der Waals surface area contributed by atoms with Gasteiger partial charge in [-0.25, -0.2) is 0 Å². The van der Waals surface area contributed by atoms with Crippen LogP contribution in [0.25, 0.3) is 0 Å². The zero-order valence-electron chi connectivity index (χ0n) is 8.71. The molecule has 6 heteroatoms. The lowest BCUT2D eigenvalue weighted by Crippen LogP contribution is -2.15. The lowest BCUT2D eigenvalue weighted by Gasteiger charge is -2.13. The van der Waals surface area contributed by atoms with Crippen molar-refractivity contribution in [3.8, 4) is 6.07 Å². The fraction of sp³-hybridized carbons (Fsp3) is 0.273. The second kappa shape index (κ2) is 4.87. The summed E-state index contributed by atoms with van der Waals surface area (Å²) in [6.07, 6.45) is -4.92. The molecular formula is C11H9F3N2O. The Balaban J connectivity index is 3.21. The van der Waals surface area contributed by atoms with Gasteiger partial charge >= 0.3 is 6.18 Å². The molecule has 3 nitrogen and oxygen atoms in total. The zero-order valence-corrected chi connectivity index (χ0v) is 8.71. The third-order valence-electron chi connectivity index (χ3n) is 2.20. The molecule has 0 fully saturated rings. The molecule has 0 aliphatic heterocycles. The van der Waals surface area contributed by atoms with E-state index in [4.69, 9.17) is 11.0 Å². The van der Waals surface area contributed by atoms with E-state index in [9.17, 15) is 18.0 Å². The van der Waals surface area contributed by atoms with E-state index < -0.39 is 23.2 Å². The van der Waals surface area contributed by atoms with Crippen LogP contribution < -0.4 is 5.73 Å². The van der Waals surface area contributed by atoms with Crippen molar-refractivity contribution in [1.29, 1.82) is 5.26 Å². The van der Waals surface area contributed by atoms with Crippen LogP contribution in [0.5, 0.6) is 0 Å². The molecule has 0 radical (unpaired) electrons. The quantitative estimate of drug-likeness (QED) is 0.880. The lowest BCUT2D eigenvalue weighted by atomic mass is 9.97. The summed E-state index contributed by atoms with van der Waals surface area (Å²) >= 11 is 0. The normalized spacial score (nSPS) is 10.9. The highest BCUT2D eigenvalue weighted by molar-refractivity contribution is 5.74. The second-order valence-electron chi connectivity index (χ2n) is 3.42. The fourth-order valence-electron chi connectivity index (χ4n) is 1.49. The molecular weight excluding hydrogens is 233 g/mol. The lowest BCUT2D eigenvalue weighted by molar-refractivity contribution is -0.138. The van der Waals surface area contributed by atoms with Gasteiger partial charge in [-0.1, -0.05) is 12.1 Å². The maximum Gasteiger partial charge on any atom is 0.417 e. The highest BCUT2D eigenvalue weighted by Gasteiger charge is 2.36. The molecule has 1 aromatic rings. The van der Waals surface area contributed by atoms with Crippen molar-refractivity contribution >= 4 is 5.91 Å². The summed E-state index contributed by atoms with van der Waals surface area (Å²) in [7, 11) is 0. The zero-order chi connectivity index (χ0) is 13.1. The van der Waals surface area contributed by atoms with Gasteiger partial charge in [0.1, 0.15) is 0 Å². The number of aryl methyl sites for hydroxylation is 1. The molecule has 90 valence electrons. The van der Waals surface area contributed by atoms with Gasteiger partial charge in [0, 0.05) is 6.42 Å². The van der Waals surface area contributed by atoms with Gasteiger partial charge in [-0.05, 0) is 18.1 Å². The molecule has 0 spiro atoms. The SMILES string of the molecule is N#Cc1cccc(CCC(N)=O)c1C(F)(F)F. The van der Waals surface area contributed by atoms with E-state index in [2.05, 4.69) is 0 Å². The summed E-state index contributed by atoms with van der Waals surface area (Å²) < 4.78 is 38.3. The van der Waals surface area contributed by atoms with Crippen molar-refractivity contribution in [1.82, 2.24) is 0 Å². The van der Waals surface area contributed by atoms with Crippen LogP contribution in [0.1, 0.15) is 23.1 Å². The molecule has 0 heterocycles. The second-order valence-corrected chi connectivity index (χ2v) is 3.42. The topological polar surface area (TPSA) is 66.9 Å². The molecule has 1 amide bonds. The highest BCUT2D eigenvalue weighted by Crippen LogP contribution is 2.34. The van der Waals surface area contributed by atoms with Crippen LogP contribution in [-0.4, -0.2) is 5.91 Å². The number of nitrogens with two attached hydrogens (primary N) is 1. The Morgan fingerprint density at radius 1 is 1.41 bits per heavy atom. The van der Waals surface area contributed by atoms with Gasteiger partial charge in [-0.3, -0.25) is 4.79 Å². The maximum atomic E-state index is 12.8. The number of nitriles is 1. The molecule has 0 atom stereocenters. The monoisotopic (exact) mass is 242 g/mol. The molecule has 0 bridgehead atoms. The van der Waals surface area contributed by atoms with E-state index in [-0.39, 0.29) is 18.4 Å². The van der Waals surface area contributed by atoms with Gasteiger partial charge < -0.3 is 5.73 Å². The van der Waals surface area contributed by atoms with Crippen molar-refractivity contribution in [2.75, 3.05) is 0 Å². The average molecular weight is 242 g/mol. The first-order valence-electron chi connectivity index (χ1n) is 4.73. The molecule has 0 aliphatic carbocycles. The largest absolute Gasteiger partial charge is 0.417 e. The van der Waals surface area contributed by atoms with E-state index in [0.717, 1.165) is 6.07 Å². The molecule has 17 heavy (non-hydrogen) atoms. The number of carbonyl (C=O) groups excluding carboxylic acids is 1. The van der Waals surface area contributed by atoms with Gasteiger partial charge in [0.05, 0.1) is 17.2 Å². The van der Waals surface area contributed by atoms with Gasteiger partial charge in [0.15, 0.2) is 0 Å². The van der Waals surface area contributed by atoms with Crippen LogP contribution in [0.15, 0.2) is 18.2 Å². The highest BCUT2D eigenvalue weighted by atomic mass is 19.4. The first-order valence-corrected chi connectivity index (χ1v) is 4.73. The van der Waals surface area contributed by atoms with Crippen molar-refractivity contribution in [2.45, 2.75) is 19.0 Å². The van der Waals surface area contributed by atoms with E-state index in [1.54, 1.807) is 0 Å². The predicted octanol–water partition coefficient (Wildman–Crippen LogP) is 1.99. The van der Waals surface area contributed by atoms with Crippen LogP contribution in [0.4, 0.5) is 13.2 Å². The Labute approximate surface area is 95.6 Å². The van der Waals surface area contributed by atoms with Crippen LogP contribution >= 0.6 is 0 Å². The first-order chi connectivity index (χ1) is 7.86. The van der Waals surface area contributed by atoms with Gasteiger partial charge in [0.2, 0.25) is 5.91 Å². The third kappa shape index (κ3) is 3.21. The van der Waals surface area contributed by atoms with Crippen molar-refractivity contribution < 1.29 is 18.0 Å². The number of primary amides is 1. The Kier molecular flexibility index (Phi) is 3.73. The number of alkyl halides is 3. The summed E-state index contributed by atoms with van der Waals surface area (Å²) in [4.78, 5) is 10.6. The molecule has 1 rings (SSSR count). The molecule has 0 aliphatic rings. The van der Waals surface area contributed by atoms with Crippen LogP contribution in [0.2, 0.25) is 0 Å². The van der Waals surface area contributed by atoms with Crippen molar-refractivity contribution in [2.24, 2.45) is 5.73 Å². The summed E-state index contributed by atoms with van der Waals surface area (Å²) in [5, 5.41) is 8.64. The number of benzene rings is 1. The molecule has 0 saturated carbocycles. The predicted molar refractivity (Wildman–Crippen MR) is 53.7 cm³/mol. The summed E-state index contributed by atoms with van der Waals surface area (Å²) in [5.41, 5.74) is 3.37. The Morgan fingerprint density at radius 2 is 2.06 bits per heavy atom. The van der Waals surface area contributed by atoms with E-state index >= 15 is 0 Å². The average Bonchev–Trinajstić information content (AvgIpc) is 2.24. The fourth-order valence-corrected chi connectivity index (χ4v) is 1.49. The van der Waals surface area contributed by atoms with Crippen LogP contribution in [-0.2, 0) is 17.4 Å². The van der Waals surface area contributed by atoms with Crippen molar-refractivity contribution in [3.63, 3.8) is 0 Å².